The van der Waals surface area contributed by atoms with Crippen molar-refractivity contribution in [3.05, 3.63) is 23.9 Å². The average molecular weight is 278 g/mol. The Morgan fingerprint density at radius 1 is 1.20 bits per heavy atom. The topological polar surface area (TPSA) is 34.1 Å². The lowest BCUT2D eigenvalue weighted by Gasteiger charge is -2.16. The van der Waals surface area contributed by atoms with E-state index in [0.717, 1.165) is 37.6 Å². The minimum Gasteiger partial charge on any atom is -0.477 e. The fourth-order valence-electron chi connectivity index (χ4n) is 2.45. The second kappa shape index (κ2) is 10.7. The number of hydrogen-bond acceptors (Lipinski definition) is 3. The third-order valence-electron chi connectivity index (χ3n) is 3.50. The zero-order valence-corrected chi connectivity index (χ0v) is 13.3. The van der Waals surface area contributed by atoms with E-state index in [1.165, 1.54) is 25.7 Å². The van der Waals surface area contributed by atoms with Gasteiger partial charge in [-0.3, -0.25) is 0 Å². The first-order chi connectivity index (χ1) is 9.80. The van der Waals surface area contributed by atoms with E-state index in [1.807, 2.05) is 19.2 Å². The summed E-state index contributed by atoms with van der Waals surface area (Å²) in [5.41, 5.74) is 1.13. The number of ether oxygens (including phenoxy) is 1. The number of nitrogens with one attached hydrogen (secondary N) is 1. The number of nitrogens with zero attached hydrogens (tertiary/aromatic N) is 1. The van der Waals surface area contributed by atoms with Gasteiger partial charge in [0.05, 0.1) is 6.61 Å². The van der Waals surface area contributed by atoms with Gasteiger partial charge in [-0.05, 0) is 51.3 Å². The Balaban J connectivity index is 2.43. The van der Waals surface area contributed by atoms with E-state index in [9.17, 15) is 0 Å². The Bertz CT molecular complexity index is 349. The van der Waals surface area contributed by atoms with Gasteiger partial charge in [-0.1, -0.05) is 32.8 Å². The van der Waals surface area contributed by atoms with E-state index in [-0.39, 0.29) is 0 Å². The first-order valence-electron chi connectivity index (χ1n) is 8.03. The first kappa shape index (κ1) is 17.0. The minimum atomic E-state index is 0.666. The molecule has 0 fully saturated rings. The van der Waals surface area contributed by atoms with Crippen LogP contribution in [0.1, 0.15) is 51.6 Å². The molecule has 1 aromatic rings. The molecule has 3 heteroatoms. The predicted octanol–water partition coefficient (Wildman–Crippen LogP) is 3.83. The van der Waals surface area contributed by atoms with E-state index in [4.69, 9.17) is 4.74 Å². The molecule has 0 aliphatic heterocycles. The molecule has 0 aliphatic carbocycles. The van der Waals surface area contributed by atoms with Gasteiger partial charge >= 0.3 is 0 Å². The van der Waals surface area contributed by atoms with Gasteiger partial charge in [0.15, 0.2) is 0 Å². The van der Waals surface area contributed by atoms with Crippen LogP contribution in [0.2, 0.25) is 0 Å². The smallest absolute Gasteiger partial charge is 0.213 e. The Kier molecular flexibility index (Phi) is 9.05. The maximum absolute atomic E-state index is 5.89. The zero-order chi connectivity index (χ0) is 14.6. The summed E-state index contributed by atoms with van der Waals surface area (Å²) in [4.78, 5) is 4.59. The molecule has 20 heavy (non-hydrogen) atoms. The SMILES string of the molecule is CCCC(CCC)COc1cccc(CCCNC)n1. The van der Waals surface area contributed by atoms with Crippen molar-refractivity contribution < 1.29 is 4.74 Å². The molecule has 0 radical (unpaired) electrons. The number of aryl methyl sites for hydroxylation is 1. The van der Waals surface area contributed by atoms with Crippen molar-refractivity contribution in [1.82, 2.24) is 10.3 Å². The monoisotopic (exact) mass is 278 g/mol. The number of rotatable bonds is 11. The highest BCUT2D eigenvalue weighted by molar-refractivity contribution is 5.15. The molecule has 1 aromatic heterocycles. The molecule has 3 nitrogen and oxygen atoms in total. The Morgan fingerprint density at radius 3 is 2.60 bits per heavy atom. The molecule has 1 heterocycles. The van der Waals surface area contributed by atoms with Gasteiger partial charge < -0.3 is 10.1 Å². The van der Waals surface area contributed by atoms with Crippen LogP contribution < -0.4 is 10.1 Å². The van der Waals surface area contributed by atoms with Crippen molar-refractivity contribution in [2.45, 2.75) is 52.4 Å². The molecule has 0 atom stereocenters. The number of pyridine rings is 1. The van der Waals surface area contributed by atoms with Crippen LogP contribution in [-0.2, 0) is 6.42 Å². The third kappa shape index (κ3) is 6.90. The van der Waals surface area contributed by atoms with Gasteiger partial charge in [-0.2, -0.15) is 0 Å². The van der Waals surface area contributed by atoms with E-state index < -0.39 is 0 Å². The van der Waals surface area contributed by atoms with Crippen molar-refractivity contribution in [2.75, 3.05) is 20.2 Å². The molecule has 0 spiro atoms. The fraction of sp³-hybridized carbons (Fsp3) is 0.706. The average Bonchev–Trinajstić information content (AvgIpc) is 2.46. The quantitative estimate of drug-likeness (QED) is 0.625. The summed E-state index contributed by atoms with van der Waals surface area (Å²) < 4.78 is 5.89. The molecule has 0 bridgehead atoms. The summed E-state index contributed by atoms with van der Waals surface area (Å²) in [6.07, 6.45) is 7.06. The third-order valence-corrected chi connectivity index (χ3v) is 3.50. The maximum atomic E-state index is 5.89. The van der Waals surface area contributed by atoms with Gasteiger partial charge in [0, 0.05) is 11.8 Å². The molecule has 0 unspecified atom stereocenters. The highest BCUT2D eigenvalue weighted by Crippen LogP contribution is 2.16. The lowest BCUT2D eigenvalue weighted by Crippen LogP contribution is -2.13. The normalized spacial score (nSPS) is 11.0. The van der Waals surface area contributed by atoms with E-state index in [1.54, 1.807) is 0 Å². The largest absolute Gasteiger partial charge is 0.477 e. The Labute approximate surface area is 124 Å². The van der Waals surface area contributed by atoms with Crippen LogP contribution in [0, 0.1) is 5.92 Å². The van der Waals surface area contributed by atoms with Crippen LogP contribution in [0.15, 0.2) is 18.2 Å². The van der Waals surface area contributed by atoms with Crippen LogP contribution in [0.3, 0.4) is 0 Å². The van der Waals surface area contributed by atoms with Crippen molar-refractivity contribution in [1.29, 1.82) is 0 Å². The van der Waals surface area contributed by atoms with Crippen LogP contribution >= 0.6 is 0 Å². The van der Waals surface area contributed by atoms with E-state index >= 15 is 0 Å². The summed E-state index contributed by atoms with van der Waals surface area (Å²) in [5.74, 6) is 1.45. The van der Waals surface area contributed by atoms with Gasteiger partial charge in [0.2, 0.25) is 5.88 Å². The van der Waals surface area contributed by atoms with Crippen LogP contribution in [-0.4, -0.2) is 25.2 Å². The minimum absolute atomic E-state index is 0.666. The molecule has 1 rings (SSSR count). The first-order valence-corrected chi connectivity index (χ1v) is 8.03. The number of aromatic nitrogens is 1. The van der Waals surface area contributed by atoms with Crippen molar-refractivity contribution in [2.24, 2.45) is 5.92 Å². The highest BCUT2D eigenvalue weighted by atomic mass is 16.5. The van der Waals surface area contributed by atoms with Gasteiger partial charge in [0.1, 0.15) is 0 Å². The highest BCUT2D eigenvalue weighted by Gasteiger charge is 2.08. The zero-order valence-electron chi connectivity index (χ0n) is 13.3. The molecule has 114 valence electrons. The second-order valence-corrected chi connectivity index (χ2v) is 5.43. The Morgan fingerprint density at radius 2 is 1.95 bits per heavy atom. The summed E-state index contributed by atoms with van der Waals surface area (Å²) in [6.45, 7) is 6.31. The molecule has 0 amide bonds. The van der Waals surface area contributed by atoms with Crippen molar-refractivity contribution in [3.8, 4) is 5.88 Å². The molecular formula is C17H30N2O. The number of hydrogen-bond donors (Lipinski definition) is 1. The lowest BCUT2D eigenvalue weighted by molar-refractivity contribution is 0.222. The second-order valence-electron chi connectivity index (χ2n) is 5.43. The van der Waals surface area contributed by atoms with Gasteiger partial charge in [-0.15, -0.1) is 0 Å². The predicted molar refractivity (Wildman–Crippen MR) is 85.3 cm³/mol. The molecule has 0 aliphatic rings. The van der Waals surface area contributed by atoms with Crippen LogP contribution in [0.25, 0.3) is 0 Å². The van der Waals surface area contributed by atoms with Gasteiger partial charge in [0.25, 0.3) is 0 Å². The van der Waals surface area contributed by atoms with E-state index in [2.05, 4.69) is 30.2 Å². The Hall–Kier alpha value is -1.09. The molecule has 0 saturated carbocycles. The molecule has 0 saturated heterocycles. The van der Waals surface area contributed by atoms with Crippen LogP contribution in [0.5, 0.6) is 5.88 Å². The molecular weight excluding hydrogens is 248 g/mol. The molecule has 1 N–H and O–H groups in total. The fourth-order valence-corrected chi connectivity index (χ4v) is 2.45. The van der Waals surface area contributed by atoms with Crippen molar-refractivity contribution in [3.63, 3.8) is 0 Å². The maximum Gasteiger partial charge on any atom is 0.213 e. The summed E-state index contributed by atoms with van der Waals surface area (Å²) in [5, 5.41) is 3.16. The van der Waals surface area contributed by atoms with E-state index in [0.29, 0.717) is 5.92 Å². The summed E-state index contributed by atoms with van der Waals surface area (Å²) >= 11 is 0. The van der Waals surface area contributed by atoms with Gasteiger partial charge in [-0.25, -0.2) is 4.98 Å². The molecule has 0 aromatic carbocycles. The summed E-state index contributed by atoms with van der Waals surface area (Å²) in [7, 11) is 1.98. The summed E-state index contributed by atoms with van der Waals surface area (Å²) in [6, 6.07) is 6.10. The standard InChI is InChI=1S/C17H30N2O/c1-4-8-15(9-5-2)14-20-17-12-6-10-16(19-17)11-7-13-18-3/h6,10,12,15,18H,4-5,7-9,11,13-14H2,1-3H3. The van der Waals surface area contributed by atoms with Crippen molar-refractivity contribution >= 4 is 0 Å². The van der Waals surface area contributed by atoms with Crippen LogP contribution in [0.4, 0.5) is 0 Å². The lowest BCUT2D eigenvalue weighted by atomic mass is 9.99.